The molecule has 0 bridgehead atoms. The Morgan fingerprint density at radius 3 is 2.72 bits per heavy atom. The summed E-state index contributed by atoms with van der Waals surface area (Å²) >= 11 is 0. The summed E-state index contributed by atoms with van der Waals surface area (Å²) in [6.45, 7) is 3.33. The van der Waals surface area contributed by atoms with Gasteiger partial charge in [-0.1, -0.05) is 6.07 Å². The van der Waals surface area contributed by atoms with E-state index in [1.165, 1.54) is 0 Å². The number of phenolic OH excluding ortho intramolecular Hbond substituents is 1. The minimum atomic E-state index is -0.139. The molecule has 0 unspecified atom stereocenters. The first kappa shape index (κ1) is 15.6. The fraction of sp³-hybridized carbons (Fsp3) is 0.316. The maximum absolute atomic E-state index is 12.2. The average Bonchev–Trinajstić information content (AvgIpc) is 2.61. The quantitative estimate of drug-likeness (QED) is 0.897. The van der Waals surface area contributed by atoms with Crippen LogP contribution in [0.15, 0.2) is 30.3 Å². The lowest BCUT2D eigenvalue weighted by atomic mass is 9.84. The Hall–Kier alpha value is -2.89. The molecule has 2 heterocycles. The van der Waals surface area contributed by atoms with Gasteiger partial charge in [0.25, 0.3) is 0 Å². The highest BCUT2D eigenvalue weighted by Crippen LogP contribution is 2.45. The molecule has 0 radical (unpaired) electrons. The Kier molecular flexibility index (Phi) is 3.87. The van der Waals surface area contributed by atoms with E-state index in [4.69, 9.17) is 14.2 Å². The molecule has 0 aromatic heterocycles. The fourth-order valence-electron chi connectivity index (χ4n) is 3.31. The van der Waals surface area contributed by atoms with E-state index < -0.39 is 0 Å². The standard InChI is InChI=1S/C19H19NO5/c1-2-23-16-7-11(3-4-15(16)21)12-9-19(22)20-14-10-18-17(8-13(12)14)24-5-6-25-18/h3-4,7-8,10,12,21H,2,5-6,9H2,1H3,(H,20,22)/t12-/m0/s1. The van der Waals surface area contributed by atoms with Gasteiger partial charge in [-0.2, -0.15) is 0 Å². The summed E-state index contributed by atoms with van der Waals surface area (Å²) in [5.41, 5.74) is 2.61. The number of benzene rings is 2. The summed E-state index contributed by atoms with van der Waals surface area (Å²) < 4.78 is 16.8. The summed E-state index contributed by atoms with van der Waals surface area (Å²) in [5, 5.41) is 12.8. The van der Waals surface area contributed by atoms with Gasteiger partial charge >= 0.3 is 0 Å². The van der Waals surface area contributed by atoms with Gasteiger partial charge in [-0.15, -0.1) is 0 Å². The molecule has 2 aromatic carbocycles. The number of carbonyl (C=O) groups is 1. The lowest BCUT2D eigenvalue weighted by Crippen LogP contribution is -2.24. The van der Waals surface area contributed by atoms with Crippen LogP contribution in [-0.4, -0.2) is 30.8 Å². The van der Waals surface area contributed by atoms with E-state index in [9.17, 15) is 9.90 Å². The van der Waals surface area contributed by atoms with Gasteiger partial charge in [0.05, 0.1) is 6.61 Å². The number of ether oxygens (including phenoxy) is 3. The lowest BCUT2D eigenvalue weighted by Gasteiger charge is -2.29. The second-order valence-corrected chi connectivity index (χ2v) is 6.05. The minimum Gasteiger partial charge on any atom is -0.504 e. The predicted molar refractivity (Wildman–Crippen MR) is 91.8 cm³/mol. The van der Waals surface area contributed by atoms with Crippen molar-refractivity contribution in [3.63, 3.8) is 0 Å². The van der Waals surface area contributed by atoms with Gasteiger partial charge in [0.1, 0.15) is 13.2 Å². The van der Waals surface area contributed by atoms with Crippen LogP contribution in [-0.2, 0) is 4.79 Å². The van der Waals surface area contributed by atoms with Crippen molar-refractivity contribution in [3.8, 4) is 23.0 Å². The third kappa shape index (κ3) is 2.84. The molecule has 2 aliphatic rings. The molecule has 1 atom stereocenters. The molecule has 0 fully saturated rings. The van der Waals surface area contributed by atoms with E-state index in [1.807, 2.05) is 25.1 Å². The number of aromatic hydroxyl groups is 1. The monoisotopic (exact) mass is 341 g/mol. The number of rotatable bonds is 3. The molecule has 2 N–H and O–H groups in total. The third-order valence-electron chi connectivity index (χ3n) is 4.44. The number of nitrogens with one attached hydrogen (secondary N) is 1. The van der Waals surface area contributed by atoms with Crippen molar-refractivity contribution in [1.82, 2.24) is 0 Å². The van der Waals surface area contributed by atoms with Crippen LogP contribution >= 0.6 is 0 Å². The topological polar surface area (TPSA) is 77.0 Å². The first-order valence-corrected chi connectivity index (χ1v) is 8.35. The van der Waals surface area contributed by atoms with Crippen LogP contribution in [0.3, 0.4) is 0 Å². The van der Waals surface area contributed by atoms with Crippen molar-refractivity contribution in [2.75, 3.05) is 25.1 Å². The number of carbonyl (C=O) groups excluding carboxylic acids is 1. The molecular weight excluding hydrogens is 322 g/mol. The Labute approximate surface area is 145 Å². The lowest BCUT2D eigenvalue weighted by molar-refractivity contribution is -0.116. The largest absolute Gasteiger partial charge is 0.504 e. The van der Waals surface area contributed by atoms with Gasteiger partial charge in [-0.25, -0.2) is 0 Å². The zero-order valence-corrected chi connectivity index (χ0v) is 13.9. The van der Waals surface area contributed by atoms with Gasteiger partial charge in [0.2, 0.25) is 5.91 Å². The van der Waals surface area contributed by atoms with Crippen LogP contribution in [0.2, 0.25) is 0 Å². The van der Waals surface area contributed by atoms with E-state index in [-0.39, 0.29) is 17.6 Å². The molecule has 0 spiro atoms. The summed E-state index contributed by atoms with van der Waals surface area (Å²) in [6.07, 6.45) is 0.322. The maximum atomic E-state index is 12.2. The van der Waals surface area contributed by atoms with Crippen LogP contribution in [0, 0.1) is 0 Å². The van der Waals surface area contributed by atoms with Crippen molar-refractivity contribution in [3.05, 3.63) is 41.5 Å². The van der Waals surface area contributed by atoms with Gasteiger partial charge in [-0.05, 0) is 36.2 Å². The number of anilines is 1. The molecule has 2 aromatic rings. The zero-order chi connectivity index (χ0) is 17.4. The Bertz CT molecular complexity index is 833. The molecule has 0 saturated heterocycles. The molecule has 130 valence electrons. The molecular formula is C19H19NO5. The summed E-state index contributed by atoms with van der Waals surface area (Å²) in [7, 11) is 0. The van der Waals surface area contributed by atoms with Crippen molar-refractivity contribution < 1.29 is 24.1 Å². The van der Waals surface area contributed by atoms with Crippen LogP contribution in [0.5, 0.6) is 23.0 Å². The first-order chi connectivity index (χ1) is 12.2. The smallest absolute Gasteiger partial charge is 0.225 e. The van der Waals surface area contributed by atoms with E-state index in [0.717, 1.165) is 16.8 Å². The van der Waals surface area contributed by atoms with E-state index in [2.05, 4.69) is 5.32 Å². The van der Waals surface area contributed by atoms with Gasteiger partial charge in [0.15, 0.2) is 23.0 Å². The van der Waals surface area contributed by atoms with Crippen LogP contribution in [0.25, 0.3) is 0 Å². The third-order valence-corrected chi connectivity index (χ3v) is 4.44. The average molecular weight is 341 g/mol. The molecule has 25 heavy (non-hydrogen) atoms. The van der Waals surface area contributed by atoms with E-state index in [0.29, 0.717) is 43.5 Å². The van der Waals surface area contributed by atoms with Crippen LogP contribution < -0.4 is 19.5 Å². The molecule has 6 nitrogen and oxygen atoms in total. The second-order valence-electron chi connectivity index (χ2n) is 6.05. The summed E-state index contributed by atoms with van der Waals surface area (Å²) in [6, 6.07) is 8.97. The first-order valence-electron chi connectivity index (χ1n) is 8.35. The van der Waals surface area contributed by atoms with Gasteiger partial charge in [0, 0.05) is 24.1 Å². The molecule has 2 aliphatic heterocycles. The van der Waals surface area contributed by atoms with E-state index in [1.54, 1.807) is 12.1 Å². The normalized spacial score (nSPS) is 18.3. The maximum Gasteiger partial charge on any atom is 0.225 e. The van der Waals surface area contributed by atoms with Gasteiger partial charge < -0.3 is 24.6 Å². The van der Waals surface area contributed by atoms with Crippen molar-refractivity contribution in [2.45, 2.75) is 19.3 Å². The molecule has 4 rings (SSSR count). The van der Waals surface area contributed by atoms with Crippen molar-refractivity contribution in [2.24, 2.45) is 0 Å². The fourth-order valence-corrected chi connectivity index (χ4v) is 3.31. The number of fused-ring (bicyclic) bond motifs is 2. The number of hydrogen-bond donors (Lipinski definition) is 2. The van der Waals surface area contributed by atoms with Crippen molar-refractivity contribution >= 4 is 11.6 Å². The highest BCUT2D eigenvalue weighted by molar-refractivity contribution is 5.96. The SMILES string of the molecule is CCOc1cc([C@@H]2CC(=O)Nc3cc4c(cc32)OCCO4)ccc1O. The Morgan fingerprint density at radius 2 is 1.96 bits per heavy atom. The zero-order valence-electron chi connectivity index (χ0n) is 13.9. The minimum absolute atomic E-state index is 0.0554. The highest BCUT2D eigenvalue weighted by Gasteiger charge is 2.29. The molecule has 6 heteroatoms. The van der Waals surface area contributed by atoms with E-state index >= 15 is 0 Å². The summed E-state index contributed by atoms with van der Waals surface area (Å²) in [5.74, 6) is 1.65. The predicted octanol–water partition coefficient (Wildman–Crippen LogP) is 3.04. The summed E-state index contributed by atoms with van der Waals surface area (Å²) in [4.78, 5) is 12.2. The Morgan fingerprint density at radius 1 is 1.20 bits per heavy atom. The molecule has 1 amide bonds. The van der Waals surface area contributed by atoms with Crippen molar-refractivity contribution in [1.29, 1.82) is 0 Å². The van der Waals surface area contributed by atoms with Gasteiger partial charge in [-0.3, -0.25) is 4.79 Å². The van der Waals surface area contributed by atoms with Crippen LogP contribution in [0.1, 0.15) is 30.4 Å². The molecule has 0 saturated carbocycles. The van der Waals surface area contributed by atoms with Crippen LogP contribution in [0.4, 0.5) is 5.69 Å². The molecule has 0 aliphatic carbocycles. The highest BCUT2D eigenvalue weighted by atomic mass is 16.6. The Balaban J connectivity index is 1.79. The number of hydrogen-bond acceptors (Lipinski definition) is 5. The number of phenols is 1. The number of amides is 1. The second kappa shape index (κ2) is 6.20.